The van der Waals surface area contributed by atoms with Gasteiger partial charge in [-0.3, -0.25) is 9.69 Å². The van der Waals surface area contributed by atoms with E-state index in [0.717, 1.165) is 51.0 Å². The van der Waals surface area contributed by atoms with Crippen LogP contribution in [-0.4, -0.2) is 62.4 Å². The van der Waals surface area contributed by atoms with Crippen LogP contribution in [0.5, 0.6) is 0 Å². The zero-order chi connectivity index (χ0) is 16.7. The Bertz CT molecular complexity index is 618. The van der Waals surface area contributed by atoms with Crippen LogP contribution in [0.15, 0.2) is 12.5 Å². The first kappa shape index (κ1) is 15.6. The van der Waals surface area contributed by atoms with Gasteiger partial charge in [0.25, 0.3) is 0 Å². The minimum atomic E-state index is -0.847. The number of hydrogen-bond acceptors (Lipinski definition) is 4. The van der Waals surface area contributed by atoms with Crippen LogP contribution in [0.4, 0.5) is 0 Å². The molecular weight excluding hydrogens is 308 g/mol. The fraction of sp³-hybridized carbons (Fsp3) is 0.706. The number of rotatable bonds is 4. The first-order valence-corrected chi connectivity index (χ1v) is 8.79. The summed E-state index contributed by atoms with van der Waals surface area (Å²) in [6, 6.07) is -0.628. The van der Waals surface area contributed by atoms with Gasteiger partial charge in [0.2, 0.25) is 5.91 Å². The van der Waals surface area contributed by atoms with Crippen molar-refractivity contribution < 1.29 is 14.7 Å². The van der Waals surface area contributed by atoms with Gasteiger partial charge in [-0.1, -0.05) is 0 Å². The van der Waals surface area contributed by atoms with Gasteiger partial charge in [0.1, 0.15) is 6.04 Å². The summed E-state index contributed by atoms with van der Waals surface area (Å²) in [4.78, 5) is 35.3. The highest BCUT2D eigenvalue weighted by Crippen LogP contribution is 2.45. The maximum atomic E-state index is 12.5. The van der Waals surface area contributed by atoms with Gasteiger partial charge < -0.3 is 15.0 Å². The van der Waals surface area contributed by atoms with Gasteiger partial charge in [-0.2, -0.15) is 0 Å². The van der Waals surface area contributed by atoms with E-state index in [1.807, 2.05) is 6.20 Å². The number of carboxylic acid groups (broad SMARTS) is 1. The molecule has 1 aromatic rings. The van der Waals surface area contributed by atoms with Crippen molar-refractivity contribution in [2.75, 3.05) is 19.6 Å². The maximum absolute atomic E-state index is 12.5. The average molecular weight is 332 g/mol. The van der Waals surface area contributed by atoms with Gasteiger partial charge in [-0.15, -0.1) is 0 Å². The van der Waals surface area contributed by atoms with E-state index in [9.17, 15) is 14.7 Å². The number of H-pyrrole nitrogens is 1. The normalized spacial score (nSPS) is 26.8. The van der Waals surface area contributed by atoms with Crippen molar-refractivity contribution in [3.63, 3.8) is 0 Å². The fourth-order valence-electron chi connectivity index (χ4n) is 4.23. The van der Waals surface area contributed by atoms with E-state index >= 15 is 0 Å². The molecule has 2 aliphatic heterocycles. The van der Waals surface area contributed by atoms with Crippen LogP contribution in [0.2, 0.25) is 0 Å². The molecule has 0 aromatic carbocycles. The topological polar surface area (TPSA) is 89.5 Å². The average Bonchev–Trinajstić information content (AvgIpc) is 3.17. The summed E-state index contributed by atoms with van der Waals surface area (Å²) in [7, 11) is 0. The summed E-state index contributed by atoms with van der Waals surface area (Å²) >= 11 is 0. The standard InChI is InChI=1S/C17H24N4O3/c22-15(12-1-2-12)21-10-17(7-14(21)16(23)24)3-5-20(6-4-17)9-13-8-18-11-19-13/h8,11-12,14H,1-7,9-10H2,(H,18,19)(H,23,24)/t14-/m1/s1. The van der Waals surface area contributed by atoms with Crippen molar-refractivity contribution in [1.29, 1.82) is 0 Å². The molecule has 1 saturated carbocycles. The third-order valence-electron chi connectivity index (χ3n) is 5.87. The largest absolute Gasteiger partial charge is 0.480 e. The number of carbonyl (C=O) groups excluding carboxylic acids is 1. The third-order valence-corrected chi connectivity index (χ3v) is 5.87. The summed E-state index contributed by atoms with van der Waals surface area (Å²) in [5, 5.41) is 9.56. The van der Waals surface area contributed by atoms with Gasteiger partial charge in [0.05, 0.1) is 6.33 Å². The quantitative estimate of drug-likeness (QED) is 0.861. The molecule has 1 spiro atoms. The summed E-state index contributed by atoms with van der Waals surface area (Å²) in [6.45, 7) is 3.36. The number of aliphatic carboxylic acids is 1. The van der Waals surface area contributed by atoms with E-state index in [0.29, 0.717) is 13.0 Å². The first-order chi connectivity index (χ1) is 11.6. The van der Waals surface area contributed by atoms with Crippen LogP contribution in [0.3, 0.4) is 0 Å². The molecule has 1 aromatic heterocycles. The van der Waals surface area contributed by atoms with Crippen LogP contribution in [0, 0.1) is 11.3 Å². The molecule has 4 rings (SSSR count). The van der Waals surface area contributed by atoms with E-state index < -0.39 is 12.0 Å². The van der Waals surface area contributed by atoms with E-state index in [2.05, 4.69) is 14.9 Å². The van der Waals surface area contributed by atoms with Gasteiger partial charge in [-0.25, -0.2) is 9.78 Å². The zero-order valence-electron chi connectivity index (χ0n) is 13.8. The fourth-order valence-corrected chi connectivity index (χ4v) is 4.23. The molecule has 1 aliphatic carbocycles. The molecule has 7 heteroatoms. The lowest BCUT2D eigenvalue weighted by Crippen LogP contribution is -2.43. The second-order valence-electron chi connectivity index (χ2n) is 7.65. The van der Waals surface area contributed by atoms with Crippen molar-refractivity contribution >= 4 is 11.9 Å². The Hall–Kier alpha value is -1.89. The van der Waals surface area contributed by atoms with Gasteiger partial charge in [0.15, 0.2) is 0 Å². The Morgan fingerprint density at radius 2 is 2.08 bits per heavy atom. The Labute approximate surface area is 141 Å². The predicted octanol–water partition coefficient (Wildman–Crippen LogP) is 1.09. The molecule has 0 unspecified atom stereocenters. The van der Waals surface area contributed by atoms with Crippen LogP contribution >= 0.6 is 0 Å². The molecule has 3 aliphatic rings. The van der Waals surface area contributed by atoms with Crippen LogP contribution in [0.1, 0.15) is 37.8 Å². The van der Waals surface area contributed by atoms with E-state index in [4.69, 9.17) is 0 Å². The summed E-state index contributed by atoms with van der Waals surface area (Å²) in [5.41, 5.74) is 1.09. The molecule has 130 valence electrons. The molecule has 0 radical (unpaired) electrons. The van der Waals surface area contributed by atoms with Crippen molar-refractivity contribution in [3.8, 4) is 0 Å². The number of amides is 1. The Kier molecular flexibility index (Phi) is 3.83. The van der Waals surface area contributed by atoms with Crippen molar-refractivity contribution in [1.82, 2.24) is 19.8 Å². The molecule has 1 amide bonds. The third kappa shape index (κ3) is 2.92. The monoisotopic (exact) mass is 332 g/mol. The molecule has 2 N–H and O–H groups in total. The van der Waals surface area contributed by atoms with Crippen LogP contribution in [0.25, 0.3) is 0 Å². The molecular formula is C17H24N4O3. The molecule has 0 bridgehead atoms. The number of nitrogens with zero attached hydrogens (tertiary/aromatic N) is 3. The minimum Gasteiger partial charge on any atom is -0.480 e. The number of imidazole rings is 1. The number of carboxylic acids is 1. The lowest BCUT2D eigenvalue weighted by atomic mass is 9.76. The highest BCUT2D eigenvalue weighted by molar-refractivity contribution is 5.87. The number of likely N-dealkylation sites (tertiary alicyclic amines) is 2. The van der Waals surface area contributed by atoms with E-state index in [1.165, 1.54) is 0 Å². The second-order valence-corrected chi connectivity index (χ2v) is 7.65. The Balaban J connectivity index is 1.41. The molecule has 3 heterocycles. The van der Waals surface area contributed by atoms with Gasteiger partial charge >= 0.3 is 5.97 Å². The molecule has 2 saturated heterocycles. The number of carbonyl (C=O) groups is 2. The SMILES string of the molecule is O=C(O)[C@H]1CC2(CCN(Cc3cnc[nH]3)CC2)CN1C(=O)C1CC1. The number of aromatic nitrogens is 2. The minimum absolute atomic E-state index is 0.0158. The highest BCUT2D eigenvalue weighted by atomic mass is 16.4. The first-order valence-electron chi connectivity index (χ1n) is 8.79. The molecule has 3 fully saturated rings. The summed E-state index contributed by atoms with van der Waals surface area (Å²) in [5.74, 6) is -0.692. The van der Waals surface area contributed by atoms with Crippen molar-refractivity contribution in [3.05, 3.63) is 18.2 Å². The number of hydrogen-bond donors (Lipinski definition) is 2. The number of nitrogens with one attached hydrogen (secondary N) is 1. The lowest BCUT2D eigenvalue weighted by Gasteiger charge is -2.39. The smallest absolute Gasteiger partial charge is 0.326 e. The van der Waals surface area contributed by atoms with Gasteiger partial charge in [0, 0.05) is 30.9 Å². The Morgan fingerprint density at radius 1 is 1.33 bits per heavy atom. The summed E-state index contributed by atoms with van der Waals surface area (Å²) < 4.78 is 0. The van der Waals surface area contributed by atoms with Gasteiger partial charge in [-0.05, 0) is 50.6 Å². The summed E-state index contributed by atoms with van der Waals surface area (Å²) in [6.07, 6.45) is 7.91. The van der Waals surface area contributed by atoms with E-state index in [1.54, 1.807) is 11.2 Å². The van der Waals surface area contributed by atoms with Crippen LogP contribution in [-0.2, 0) is 16.1 Å². The second kappa shape index (κ2) is 5.88. The predicted molar refractivity (Wildman–Crippen MR) is 86.0 cm³/mol. The van der Waals surface area contributed by atoms with Crippen molar-refractivity contribution in [2.45, 2.75) is 44.7 Å². The zero-order valence-corrected chi connectivity index (χ0v) is 13.8. The van der Waals surface area contributed by atoms with Crippen LogP contribution < -0.4 is 0 Å². The Morgan fingerprint density at radius 3 is 2.67 bits per heavy atom. The maximum Gasteiger partial charge on any atom is 0.326 e. The van der Waals surface area contributed by atoms with Crippen molar-refractivity contribution in [2.24, 2.45) is 11.3 Å². The lowest BCUT2D eigenvalue weighted by molar-refractivity contribution is -0.148. The highest BCUT2D eigenvalue weighted by Gasteiger charge is 2.51. The molecule has 1 atom stereocenters. The number of piperidine rings is 1. The molecule has 24 heavy (non-hydrogen) atoms. The molecule has 7 nitrogen and oxygen atoms in total. The number of aromatic amines is 1. The van der Waals surface area contributed by atoms with E-state index in [-0.39, 0.29) is 17.2 Å².